The van der Waals surface area contributed by atoms with Crippen LogP contribution in [0.25, 0.3) is 0 Å². The first kappa shape index (κ1) is 14.0. The molecule has 0 aromatic heterocycles. The van der Waals surface area contributed by atoms with E-state index in [9.17, 15) is 14.7 Å². The van der Waals surface area contributed by atoms with E-state index in [0.717, 1.165) is 0 Å². The Balaban J connectivity index is 3.36. The molecule has 6 nitrogen and oxygen atoms in total. The van der Waals surface area contributed by atoms with Gasteiger partial charge in [0.25, 0.3) is 0 Å². The third-order valence-electron chi connectivity index (χ3n) is 2.45. The van der Waals surface area contributed by atoms with Crippen molar-refractivity contribution in [3.63, 3.8) is 0 Å². The van der Waals surface area contributed by atoms with E-state index < -0.39 is 11.9 Å². The molecule has 18 heavy (non-hydrogen) atoms. The van der Waals surface area contributed by atoms with Crippen LogP contribution in [0.1, 0.15) is 26.3 Å². The van der Waals surface area contributed by atoms with Gasteiger partial charge in [0.2, 0.25) is 0 Å². The second-order valence-corrected chi connectivity index (χ2v) is 3.54. The number of nitrogens with two attached hydrogens (primary N) is 1. The molecule has 3 N–H and O–H groups in total. The third kappa shape index (κ3) is 2.78. The van der Waals surface area contributed by atoms with Crippen LogP contribution in [-0.4, -0.2) is 37.8 Å². The van der Waals surface area contributed by atoms with Gasteiger partial charge in [-0.15, -0.1) is 0 Å². The lowest BCUT2D eigenvalue weighted by molar-refractivity contribution is 0.0597. The molecule has 0 aliphatic rings. The Hall–Kier alpha value is -2.08. The van der Waals surface area contributed by atoms with Crippen LogP contribution in [0.2, 0.25) is 0 Å². The molecule has 0 radical (unpaired) electrons. The lowest BCUT2D eigenvalue weighted by Gasteiger charge is -2.11. The van der Waals surface area contributed by atoms with E-state index in [1.807, 2.05) is 0 Å². The zero-order valence-corrected chi connectivity index (χ0v) is 10.2. The van der Waals surface area contributed by atoms with Crippen LogP contribution < -0.4 is 5.73 Å². The molecule has 0 bridgehead atoms. The zero-order valence-electron chi connectivity index (χ0n) is 10.2. The summed E-state index contributed by atoms with van der Waals surface area (Å²) in [5, 5.41) is 9.82. The van der Waals surface area contributed by atoms with Gasteiger partial charge in [-0.2, -0.15) is 0 Å². The van der Waals surface area contributed by atoms with Crippen LogP contribution in [0.4, 0.5) is 0 Å². The number of ether oxygens (including phenoxy) is 2. The largest absolute Gasteiger partial charge is 0.508 e. The van der Waals surface area contributed by atoms with Crippen molar-refractivity contribution in [3.8, 4) is 5.75 Å². The summed E-state index contributed by atoms with van der Waals surface area (Å²) in [6, 6.07) is 2.56. The second-order valence-electron chi connectivity index (χ2n) is 3.54. The molecule has 0 fully saturated rings. The predicted molar refractivity (Wildman–Crippen MR) is 63.5 cm³/mol. The molecule has 1 rings (SSSR count). The summed E-state index contributed by atoms with van der Waals surface area (Å²) in [6.07, 6.45) is 0.303. The molecule has 0 aliphatic heterocycles. The van der Waals surface area contributed by atoms with Crippen molar-refractivity contribution < 1.29 is 24.2 Å². The van der Waals surface area contributed by atoms with E-state index in [-0.39, 0.29) is 23.4 Å². The summed E-state index contributed by atoms with van der Waals surface area (Å²) >= 11 is 0. The number of phenolic OH excluding ortho intramolecular Hbond substituents is 1. The van der Waals surface area contributed by atoms with E-state index in [1.54, 1.807) is 0 Å². The summed E-state index contributed by atoms with van der Waals surface area (Å²) in [7, 11) is 2.43. The SMILES string of the molecule is COC(=O)c1cc(O)c(CCN)c(C(=O)OC)c1. The van der Waals surface area contributed by atoms with Gasteiger partial charge >= 0.3 is 11.9 Å². The molecular weight excluding hydrogens is 238 g/mol. The van der Waals surface area contributed by atoms with Crippen molar-refractivity contribution in [1.82, 2.24) is 0 Å². The van der Waals surface area contributed by atoms with E-state index in [1.165, 1.54) is 26.4 Å². The van der Waals surface area contributed by atoms with Crippen molar-refractivity contribution in [3.05, 3.63) is 28.8 Å². The molecule has 6 heteroatoms. The third-order valence-corrected chi connectivity index (χ3v) is 2.45. The number of esters is 2. The molecule has 0 heterocycles. The Kier molecular flexibility index (Phi) is 4.67. The highest BCUT2D eigenvalue weighted by Gasteiger charge is 2.19. The highest BCUT2D eigenvalue weighted by atomic mass is 16.5. The van der Waals surface area contributed by atoms with Gasteiger partial charge in [-0.05, 0) is 25.1 Å². The van der Waals surface area contributed by atoms with Crippen LogP contribution >= 0.6 is 0 Å². The number of carbonyl (C=O) groups is 2. The Morgan fingerprint density at radius 3 is 2.33 bits per heavy atom. The molecule has 0 unspecified atom stereocenters. The number of carbonyl (C=O) groups excluding carboxylic acids is 2. The van der Waals surface area contributed by atoms with Crippen LogP contribution in [0.3, 0.4) is 0 Å². The van der Waals surface area contributed by atoms with Crippen LogP contribution in [0.15, 0.2) is 12.1 Å². The molecule has 0 saturated heterocycles. The van der Waals surface area contributed by atoms with Gasteiger partial charge in [-0.1, -0.05) is 0 Å². The summed E-state index contributed by atoms with van der Waals surface area (Å²) in [6.45, 7) is 0.259. The highest BCUT2D eigenvalue weighted by molar-refractivity contribution is 5.97. The van der Waals surface area contributed by atoms with Crippen LogP contribution in [0.5, 0.6) is 5.75 Å². The smallest absolute Gasteiger partial charge is 0.338 e. The molecule has 1 aromatic rings. The van der Waals surface area contributed by atoms with Crippen molar-refractivity contribution in [1.29, 1.82) is 0 Å². The fourth-order valence-electron chi connectivity index (χ4n) is 1.59. The van der Waals surface area contributed by atoms with E-state index in [4.69, 9.17) is 5.73 Å². The van der Waals surface area contributed by atoms with Gasteiger partial charge in [-0.25, -0.2) is 9.59 Å². The van der Waals surface area contributed by atoms with Crippen LogP contribution in [-0.2, 0) is 15.9 Å². The Bertz CT molecular complexity index is 470. The fourth-order valence-corrected chi connectivity index (χ4v) is 1.59. The molecule has 0 aliphatic carbocycles. The quantitative estimate of drug-likeness (QED) is 0.756. The maximum Gasteiger partial charge on any atom is 0.338 e. The number of rotatable bonds is 4. The van der Waals surface area contributed by atoms with E-state index in [0.29, 0.717) is 12.0 Å². The lowest BCUT2D eigenvalue weighted by Crippen LogP contribution is -2.13. The van der Waals surface area contributed by atoms with Gasteiger partial charge < -0.3 is 20.3 Å². The number of aromatic hydroxyl groups is 1. The first-order valence-corrected chi connectivity index (χ1v) is 5.27. The Labute approximate surface area is 104 Å². The summed E-state index contributed by atoms with van der Waals surface area (Å²) < 4.78 is 9.14. The van der Waals surface area contributed by atoms with Crippen LogP contribution in [0, 0.1) is 0 Å². The van der Waals surface area contributed by atoms with Crippen molar-refractivity contribution in [2.45, 2.75) is 6.42 Å². The molecule has 98 valence electrons. The van der Waals surface area contributed by atoms with E-state index in [2.05, 4.69) is 9.47 Å². The fraction of sp³-hybridized carbons (Fsp3) is 0.333. The second kappa shape index (κ2) is 6.02. The summed E-state index contributed by atoms with van der Waals surface area (Å²) in [4.78, 5) is 23.0. The average molecular weight is 253 g/mol. The van der Waals surface area contributed by atoms with Gasteiger partial charge in [-0.3, -0.25) is 0 Å². The van der Waals surface area contributed by atoms with Gasteiger partial charge in [0.1, 0.15) is 5.75 Å². The topological polar surface area (TPSA) is 98.9 Å². The van der Waals surface area contributed by atoms with Crippen molar-refractivity contribution in [2.75, 3.05) is 20.8 Å². The highest BCUT2D eigenvalue weighted by Crippen LogP contribution is 2.25. The summed E-state index contributed by atoms with van der Waals surface area (Å²) in [5.41, 5.74) is 5.96. The van der Waals surface area contributed by atoms with Crippen molar-refractivity contribution >= 4 is 11.9 Å². The first-order chi connectivity index (χ1) is 8.54. The molecule has 0 saturated carbocycles. The first-order valence-electron chi connectivity index (χ1n) is 5.27. The number of hydrogen-bond acceptors (Lipinski definition) is 6. The monoisotopic (exact) mass is 253 g/mol. The normalized spacial score (nSPS) is 9.94. The van der Waals surface area contributed by atoms with Gasteiger partial charge in [0, 0.05) is 5.56 Å². The Morgan fingerprint density at radius 2 is 1.83 bits per heavy atom. The standard InChI is InChI=1S/C12H15NO5/c1-17-11(15)7-5-9(12(16)18-2)8(3-4-13)10(14)6-7/h5-6,14H,3-4,13H2,1-2H3. The number of methoxy groups -OCH3 is 2. The average Bonchev–Trinajstić information content (AvgIpc) is 2.39. The predicted octanol–water partition coefficient (Wildman–Crippen LogP) is 0.467. The minimum Gasteiger partial charge on any atom is -0.508 e. The Morgan fingerprint density at radius 1 is 1.22 bits per heavy atom. The minimum absolute atomic E-state index is 0.0798. The van der Waals surface area contributed by atoms with E-state index >= 15 is 0 Å². The number of phenols is 1. The minimum atomic E-state index is -0.644. The zero-order chi connectivity index (χ0) is 13.7. The molecule has 0 atom stereocenters. The maximum absolute atomic E-state index is 11.6. The number of benzene rings is 1. The lowest BCUT2D eigenvalue weighted by atomic mass is 10.00. The molecular formula is C12H15NO5. The maximum atomic E-state index is 11.6. The molecule has 0 amide bonds. The van der Waals surface area contributed by atoms with Gasteiger partial charge in [0.15, 0.2) is 0 Å². The molecule has 1 aromatic carbocycles. The number of hydrogen-bond donors (Lipinski definition) is 2. The van der Waals surface area contributed by atoms with Gasteiger partial charge in [0.05, 0.1) is 25.3 Å². The summed E-state index contributed by atoms with van der Waals surface area (Å²) in [5.74, 6) is -1.46. The van der Waals surface area contributed by atoms with Crippen molar-refractivity contribution in [2.24, 2.45) is 5.73 Å². The molecule has 0 spiro atoms.